The molecule has 2 heterocycles. The number of pyridine rings is 1. The lowest BCUT2D eigenvalue weighted by Gasteiger charge is -2.23. The molecule has 34 heavy (non-hydrogen) atoms. The fraction of sp³-hybridized carbons (Fsp3) is 0.259. The molecule has 2 aromatic heterocycles. The fourth-order valence-corrected chi connectivity index (χ4v) is 4.20. The Balaban J connectivity index is 0.00000241. The molecular weight excluding hydrogens is 446 g/mol. The smallest absolute Gasteiger partial charge is 0.254 e. The predicted molar refractivity (Wildman–Crippen MR) is 136 cm³/mol. The van der Waals surface area contributed by atoms with Crippen LogP contribution < -0.4 is 5.32 Å². The average molecular weight is 472 g/mol. The maximum Gasteiger partial charge on any atom is 0.254 e. The first kappa shape index (κ1) is 22.3. The molecule has 0 aliphatic heterocycles. The summed E-state index contributed by atoms with van der Waals surface area (Å²) in [5.74, 6) is 0.976. The molecule has 2 aromatic carbocycles. The van der Waals surface area contributed by atoms with Gasteiger partial charge >= 0.3 is 0 Å². The molecule has 0 unspecified atom stereocenters. The number of rotatable bonds is 7. The zero-order chi connectivity index (χ0) is 22.2. The molecule has 0 bridgehead atoms. The highest BCUT2D eigenvalue weighted by atomic mass is 35.5. The summed E-state index contributed by atoms with van der Waals surface area (Å²) >= 11 is 0. The van der Waals surface area contributed by atoms with Crippen LogP contribution >= 0.6 is 12.4 Å². The summed E-state index contributed by atoms with van der Waals surface area (Å²) in [6.07, 6.45) is 9.86. The van der Waals surface area contributed by atoms with Gasteiger partial charge in [-0.15, -0.1) is 12.4 Å². The summed E-state index contributed by atoms with van der Waals surface area (Å²) in [6.45, 7) is 0.560. The van der Waals surface area contributed by atoms with Gasteiger partial charge < -0.3 is 10.2 Å². The quantitative estimate of drug-likeness (QED) is 0.385. The molecule has 2 saturated carbocycles. The van der Waals surface area contributed by atoms with E-state index >= 15 is 0 Å². The lowest BCUT2D eigenvalue weighted by molar-refractivity contribution is 0.0730. The number of carbonyl (C=O) groups is 1. The first-order valence-electron chi connectivity index (χ1n) is 11.6. The van der Waals surface area contributed by atoms with Crippen molar-refractivity contribution >= 4 is 35.0 Å². The Morgan fingerprint density at radius 3 is 2.53 bits per heavy atom. The van der Waals surface area contributed by atoms with Gasteiger partial charge in [0.1, 0.15) is 12.1 Å². The number of hydrogen-bond donors (Lipinski definition) is 1. The number of halogens is 1. The number of aromatic nitrogens is 3. The number of anilines is 1. The number of carbonyl (C=O) groups excluding carboxylic acids is 1. The lowest BCUT2D eigenvalue weighted by Crippen LogP contribution is -2.32. The molecule has 0 atom stereocenters. The first-order valence-corrected chi connectivity index (χ1v) is 11.6. The third kappa shape index (κ3) is 4.73. The van der Waals surface area contributed by atoms with Crippen molar-refractivity contribution in [3.63, 3.8) is 0 Å². The van der Waals surface area contributed by atoms with Crippen LogP contribution in [0.3, 0.4) is 0 Å². The number of hydrogen-bond acceptors (Lipinski definition) is 5. The van der Waals surface area contributed by atoms with E-state index < -0.39 is 0 Å². The van der Waals surface area contributed by atoms with Crippen molar-refractivity contribution in [3.8, 4) is 11.1 Å². The molecule has 172 valence electrons. The predicted octanol–water partition coefficient (Wildman–Crippen LogP) is 5.49. The van der Waals surface area contributed by atoms with E-state index in [1.54, 1.807) is 6.33 Å². The van der Waals surface area contributed by atoms with Crippen molar-refractivity contribution in [1.29, 1.82) is 0 Å². The van der Waals surface area contributed by atoms with Gasteiger partial charge in [0.15, 0.2) is 0 Å². The minimum Gasteiger partial charge on any atom is -0.367 e. The zero-order valence-corrected chi connectivity index (χ0v) is 19.5. The van der Waals surface area contributed by atoms with E-state index in [0.717, 1.165) is 51.8 Å². The minimum absolute atomic E-state index is 0. The van der Waals surface area contributed by atoms with Crippen molar-refractivity contribution in [3.05, 3.63) is 84.4 Å². The van der Waals surface area contributed by atoms with E-state index in [1.807, 2.05) is 53.7 Å². The molecule has 0 saturated heterocycles. The summed E-state index contributed by atoms with van der Waals surface area (Å²) in [4.78, 5) is 28.5. The van der Waals surface area contributed by atoms with Gasteiger partial charge in [0.2, 0.25) is 0 Å². The SMILES string of the molecule is Cl.O=C(c1ccccc1)N(Cc1cncc(-c2ccc3ncnc(NC4CC4)c3c2)c1)C1CC1. The molecule has 6 nitrogen and oxygen atoms in total. The van der Waals surface area contributed by atoms with Gasteiger partial charge in [-0.3, -0.25) is 9.78 Å². The number of fused-ring (bicyclic) bond motifs is 1. The molecule has 1 N–H and O–H groups in total. The average Bonchev–Trinajstić information content (AvgIpc) is 3.78. The summed E-state index contributed by atoms with van der Waals surface area (Å²) in [5.41, 5.74) is 4.79. The molecule has 1 amide bonds. The minimum atomic E-state index is 0. The summed E-state index contributed by atoms with van der Waals surface area (Å²) in [7, 11) is 0. The van der Waals surface area contributed by atoms with Gasteiger partial charge in [-0.2, -0.15) is 0 Å². The fourth-order valence-electron chi connectivity index (χ4n) is 4.20. The zero-order valence-electron chi connectivity index (χ0n) is 18.7. The van der Waals surface area contributed by atoms with E-state index in [1.165, 1.54) is 12.8 Å². The maximum atomic E-state index is 13.1. The van der Waals surface area contributed by atoms with E-state index in [9.17, 15) is 4.79 Å². The van der Waals surface area contributed by atoms with Gasteiger partial charge in [0, 0.05) is 47.5 Å². The van der Waals surface area contributed by atoms with Crippen LogP contribution in [0.1, 0.15) is 41.6 Å². The van der Waals surface area contributed by atoms with Crippen molar-refractivity contribution in [2.45, 2.75) is 44.3 Å². The molecule has 2 fully saturated rings. The molecule has 0 spiro atoms. The van der Waals surface area contributed by atoms with Crippen molar-refractivity contribution in [1.82, 2.24) is 19.9 Å². The molecule has 4 aromatic rings. The highest BCUT2D eigenvalue weighted by Gasteiger charge is 2.33. The Kier molecular flexibility index (Phi) is 6.16. The highest BCUT2D eigenvalue weighted by molar-refractivity contribution is 5.95. The standard InChI is InChI=1S/C27H25N5O.ClH/c33-27(19-4-2-1-3-5-19)32(23-9-10-23)16-18-12-21(15-28-14-18)20-6-11-25-24(13-20)26(30-17-29-25)31-22-7-8-22;/h1-6,11-15,17,22-23H,7-10,16H2,(H,29,30,31);1H. The van der Waals surface area contributed by atoms with Gasteiger partial charge in [-0.25, -0.2) is 9.97 Å². The van der Waals surface area contributed by atoms with Crippen LogP contribution in [-0.4, -0.2) is 37.8 Å². The largest absolute Gasteiger partial charge is 0.367 e. The van der Waals surface area contributed by atoms with Crippen molar-refractivity contribution < 1.29 is 4.79 Å². The third-order valence-corrected chi connectivity index (χ3v) is 6.30. The maximum absolute atomic E-state index is 13.1. The number of benzene rings is 2. The Hall–Kier alpha value is -3.51. The van der Waals surface area contributed by atoms with Crippen LogP contribution in [0.15, 0.2) is 73.3 Å². The molecular formula is C27H26ClN5O. The number of nitrogens with one attached hydrogen (secondary N) is 1. The Labute approximate surface area is 204 Å². The van der Waals surface area contributed by atoms with Gasteiger partial charge in [-0.1, -0.05) is 24.3 Å². The number of amides is 1. The topological polar surface area (TPSA) is 71.0 Å². The Morgan fingerprint density at radius 2 is 1.76 bits per heavy atom. The lowest BCUT2D eigenvalue weighted by atomic mass is 10.0. The molecule has 2 aliphatic carbocycles. The Morgan fingerprint density at radius 1 is 0.941 bits per heavy atom. The van der Waals surface area contributed by atoms with Crippen LogP contribution in [0.4, 0.5) is 5.82 Å². The molecule has 7 heteroatoms. The van der Waals surface area contributed by atoms with E-state index in [-0.39, 0.29) is 18.3 Å². The second-order valence-electron chi connectivity index (χ2n) is 8.98. The summed E-state index contributed by atoms with van der Waals surface area (Å²) < 4.78 is 0. The normalized spacial score (nSPS) is 14.9. The Bertz CT molecular complexity index is 1320. The highest BCUT2D eigenvalue weighted by Crippen LogP contribution is 2.32. The van der Waals surface area contributed by atoms with Crippen LogP contribution in [0.5, 0.6) is 0 Å². The van der Waals surface area contributed by atoms with Crippen LogP contribution in [0.25, 0.3) is 22.0 Å². The summed E-state index contributed by atoms with van der Waals surface area (Å²) in [5, 5.41) is 4.53. The van der Waals surface area contributed by atoms with E-state index in [2.05, 4.69) is 38.5 Å². The van der Waals surface area contributed by atoms with Gasteiger partial charge in [0.05, 0.1) is 5.52 Å². The van der Waals surface area contributed by atoms with Crippen molar-refractivity contribution in [2.75, 3.05) is 5.32 Å². The second kappa shape index (κ2) is 9.39. The second-order valence-corrected chi connectivity index (χ2v) is 8.98. The van der Waals surface area contributed by atoms with Crippen molar-refractivity contribution in [2.24, 2.45) is 0 Å². The van der Waals surface area contributed by atoms with Gasteiger partial charge in [0.25, 0.3) is 5.91 Å². The van der Waals surface area contributed by atoms with Crippen LogP contribution in [0.2, 0.25) is 0 Å². The first-order chi connectivity index (χ1) is 16.2. The molecule has 2 aliphatic rings. The number of nitrogens with zero attached hydrogens (tertiary/aromatic N) is 4. The molecule has 0 radical (unpaired) electrons. The van der Waals surface area contributed by atoms with Crippen LogP contribution in [-0.2, 0) is 6.54 Å². The van der Waals surface area contributed by atoms with Gasteiger partial charge in [-0.05, 0) is 67.1 Å². The van der Waals surface area contributed by atoms with E-state index in [4.69, 9.17) is 0 Å². The summed E-state index contributed by atoms with van der Waals surface area (Å²) in [6, 6.07) is 18.7. The molecule has 6 rings (SSSR count). The van der Waals surface area contributed by atoms with Crippen LogP contribution in [0, 0.1) is 0 Å². The van der Waals surface area contributed by atoms with E-state index in [0.29, 0.717) is 18.6 Å². The monoisotopic (exact) mass is 471 g/mol. The third-order valence-electron chi connectivity index (χ3n) is 6.30.